The first-order valence-electron chi connectivity index (χ1n) is 17.1. The standard InChI is InChI=1S/C37H42N8O4/c1-36(2,3)48-34(46)44-13-7-8-29(44)33-41-24-12-10-21(15-26(24)42-33)27-18-38-25-14-20(9-11-23(25)40-27)28-19-39-32(43-28)31-17-22-16-30(22)45(31)35(47)49-37(4,5)6/h9-12,14-15,18-19,22,29-31H,7-8,13,16-17H2,1-6H3,(H,39,43)(H,41,42)/t22?,29-,30+,31-/m0/s1. The van der Waals surface area contributed by atoms with Crippen LogP contribution in [-0.2, 0) is 9.47 Å². The van der Waals surface area contributed by atoms with Gasteiger partial charge in [0.2, 0.25) is 0 Å². The third-order valence-corrected chi connectivity index (χ3v) is 9.45. The van der Waals surface area contributed by atoms with Crippen molar-refractivity contribution >= 4 is 34.3 Å². The van der Waals surface area contributed by atoms with Gasteiger partial charge in [-0.1, -0.05) is 12.1 Å². The molecule has 12 heteroatoms. The maximum Gasteiger partial charge on any atom is 0.411 e. The lowest BCUT2D eigenvalue weighted by molar-refractivity contribution is 0.0172. The third-order valence-electron chi connectivity index (χ3n) is 9.45. The van der Waals surface area contributed by atoms with E-state index in [1.165, 1.54) is 0 Å². The van der Waals surface area contributed by atoms with Crippen molar-refractivity contribution < 1.29 is 19.1 Å². The van der Waals surface area contributed by atoms with Gasteiger partial charge in [0.1, 0.15) is 22.9 Å². The van der Waals surface area contributed by atoms with E-state index in [2.05, 4.69) is 9.97 Å². The number of carbonyl (C=O) groups excluding carboxylic acids is 2. The zero-order valence-corrected chi connectivity index (χ0v) is 28.8. The van der Waals surface area contributed by atoms with E-state index in [0.717, 1.165) is 81.9 Å². The Bertz CT molecular complexity index is 2090. The number of amides is 2. The molecule has 2 aromatic carbocycles. The van der Waals surface area contributed by atoms with Crippen molar-refractivity contribution in [3.8, 4) is 22.5 Å². The molecule has 1 aliphatic carbocycles. The minimum atomic E-state index is -0.555. The number of rotatable bonds is 4. The van der Waals surface area contributed by atoms with Gasteiger partial charge in [-0.15, -0.1) is 0 Å². The third kappa shape index (κ3) is 6.08. The highest BCUT2D eigenvalue weighted by atomic mass is 16.6. The zero-order chi connectivity index (χ0) is 34.2. The molecular formula is C37H42N8O4. The number of hydrogen-bond acceptors (Lipinski definition) is 8. The molecule has 2 amide bonds. The summed E-state index contributed by atoms with van der Waals surface area (Å²) in [7, 11) is 0. The van der Waals surface area contributed by atoms with E-state index in [0.29, 0.717) is 12.5 Å². The molecule has 4 atom stereocenters. The Hall–Kier alpha value is -5.00. The molecule has 1 saturated carbocycles. The van der Waals surface area contributed by atoms with E-state index >= 15 is 0 Å². The fourth-order valence-corrected chi connectivity index (χ4v) is 7.18. The molecule has 0 bridgehead atoms. The number of aromatic amines is 2. The number of nitrogens with zero attached hydrogens (tertiary/aromatic N) is 6. The van der Waals surface area contributed by atoms with Gasteiger partial charge in [0.05, 0.1) is 51.7 Å². The van der Waals surface area contributed by atoms with Crippen LogP contribution in [0.5, 0.6) is 0 Å². The van der Waals surface area contributed by atoms with Crippen molar-refractivity contribution in [2.45, 2.75) is 96.6 Å². The topological polar surface area (TPSA) is 142 Å². The van der Waals surface area contributed by atoms with Crippen LogP contribution in [-0.4, -0.2) is 75.7 Å². The minimum absolute atomic E-state index is 0.125. The van der Waals surface area contributed by atoms with Crippen LogP contribution < -0.4 is 0 Å². The van der Waals surface area contributed by atoms with Crippen LogP contribution in [0, 0.1) is 5.92 Å². The number of hydrogen-bond donors (Lipinski definition) is 2. The first kappa shape index (κ1) is 31.3. The minimum Gasteiger partial charge on any atom is -0.444 e. The number of benzene rings is 2. The summed E-state index contributed by atoms with van der Waals surface area (Å²) in [4.78, 5) is 55.8. The molecule has 2 N–H and O–H groups in total. The van der Waals surface area contributed by atoms with E-state index in [1.807, 2.05) is 89.0 Å². The Balaban J connectivity index is 1.00. The lowest BCUT2D eigenvalue weighted by Crippen LogP contribution is -2.38. The summed E-state index contributed by atoms with van der Waals surface area (Å²) >= 11 is 0. The molecular weight excluding hydrogens is 620 g/mol. The largest absolute Gasteiger partial charge is 0.444 e. The second kappa shape index (κ2) is 11.3. The number of aromatic nitrogens is 6. The zero-order valence-electron chi connectivity index (χ0n) is 28.8. The fourth-order valence-electron chi connectivity index (χ4n) is 7.18. The van der Waals surface area contributed by atoms with E-state index in [4.69, 9.17) is 29.4 Å². The highest BCUT2D eigenvalue weighted by molar-refractivity contribution is 5.85. The molecule has 2 saturated heterocycles. The molecule has 3 aliphatic rings. The van der Waals surface area contributed by atoms with Gasteiger partial charge in [0.25, 0.3) is 0 Å². The van der Waals surface area contributed by atoms with Crippen molar-refractivity contribution in [3.05, 3.63) is 60.4 Å². The molecule has 12 nitrogen and oxygen atoms in total. The highest BCUT2D eigenvalue weighted by Gasteiger charge is 2.56. The first-order chi connectivity index (χ1) is 23.3. The van der Waals surface area contributed by atoms with Gasteiger partial charge in [-0.2, -0.15) is 0 Å². The maximum atomic E-state index is 13.1. The Morgan fingerprint density at radius 3 is 2.31 bits per heavy atom. The molecule has 0 radical (unpaired) electrons. The van der Waals surface area contributed by atoms with Gasteiger partial charge in [0.15, 0.2) is 0 Å². The van der Waals surface area contributed by atoms with Gasteiger partial charge < -0.3 is 19.4 Å². The number of fused-ring (bicyclic) bond motifs is 3. The Labute approximate surface area is 284 Å². The summed E-state index contributed by atoms with van der Waals surface area (Å²) in [5, 5.41) is 0. The first-order valence-corrected chi connectivity index (χ1v) is 17.1. The number of imidazole rings is 2. The second-order valence-electron chi connectivity index (χ2n) is 15.5. The van der Waals surface area contributed by atoms with Crippen molar-refractivity contribution in [1.29, 1.82) is 0 Å². The summed E-state index contributed by atoms with van der Waals surface area (Å²) in [5.41, 5.74) is 5.51. The van der Waals surface area contributed by atoms with Crippen molar-refractivity contribution in [2.24, 2.45) is 5.92 Å². The van der Waals surface area contributed by atoms with Crippen molar-refractivity contribution in [3.63, 3.8) is 0 Å². The summed E-state index contributed by atoms with van der Waals surface area (Å²) in [6.45, 7) is 12.0. The summed E-state index contributed by atoms with van der Waals surface area (Å²) in [6.07, 6.45) is 6.73. The summed E-state index contributed by atoms with van der Waals surface area (Å²) in [5.74, 6) is 2.04. The molecule has 1 unspecified atom stereocenters. The van der Waals surface area contributed by atoms with E-state index in [1.54, 1.807) is 11.1 Å². The summed E-state index contributed by atoms with van der Waals surface area (Å²) < 4.78 is 11.4. The molecule has 8 rings (SSSR count). The van der Waals surface area contributed by atoms with E-state index in [9.17, 15) is 9.59 Å². The summed E-state index contributed by atoms with van der Waals surface area (Å²) in [6, 6.07) is 11.9. The van der Waals surface area contributed by atoms with Crippen LogP contribution in [0.4, 0.5) is 9.59 Å². The number of H-pyrrole nitrogens is 2. The van der Waals surface area contributed by atoms with Gasteiger partial charge in [-0.05, 0) is 97.4 Å². The molecule has 5 aromatic rings. The van der Waals surface area contributed by atoms with Crippen molar-refractivity contribution in [2.75, 3.05) is 6.54 Å². The highest BCUT2D eigenvalue weighted by Crippen LogP contribution is 2.53. The predicted octanol–water partition coefficient (Wildman–Crippen LogP) is 7.71. The number of carbonyl (C=O) groups is 2. The van der Waals surface area contributed by atoms with Crippen LogP contribution in [0.2, 0.25) is 0 Å². The normalized spacial score (nSPS) is 22.2. The van der Waals surface area contributed by atoms with Crippen LogP contribution in [0.25, 0.3) is 44.6 Å². The fraction of sp³-hybridized carbons (Fsp3) is 0.459. The molecule has 49 heavy (non-hydrogen) atoms. The van der Waals surface area contributed by atoms with Gasteiger partial charge in [0, 0.05) is 29.9 Å². The van der Waals surface area contributed by atoms with Crippen LogP contribution in [0.3, 0.4) is 0 Å². The Morgan fingerprint density at radius 2 is 1.53 bits per heavy atom. The molecule has 0 spiro atoms. The van der Waals surface area contributed by atoms with Gasteiger partial charge in [-0.3, -0.25) is 14.8 Å². The SMILES string of the molecule is CC(C)(C)OC(=O)N1CCC[C@H]1c1nc2ccc(-c3cnc4cc(-c5c[nH]c([C@@H]6CC7C[C@H]7N6C(=O)OC(C)(C)C)n5)ccc4n3)cc2[nH]1. The molecule has 2 aliphatic heterocycles. The smallest absolute Gasteiger partial charge is 0.411 e. The number of ether oxygens (including phenoxy) is 2. The van der Waals surface area contributed by atoms with Gasteiger partial charge >= 0.3 is 12.2 Å². The molecule has 254 valence electrons. The van der Waals surface area contributed by atoms with E-state index < -0.39 is 11.2 Å². The average molecular weight is 663 g/mol. The van der Waals surface area contributed by atoms with Gasteiger partial charge in [-0.25, -0.2) is 24.5 Å². The van der Waals surface area contributed by atoms with Crippen LogP contribution in [0.15, 0.2) is 48.8 Å². The number of piperidine rings is 1. The van der Waals surface area contributed by atoms with Crippen molar-refractivity contribution in [1.82, 2.24) is 39.7 Å². The molecule has 3 aromatic heterocycles. The lowest BCUT2D eigenvalue weighted by atomic mass is 10.1. The Morgan fingerprint density at radius 1 is 0.796 bits per heavy atom. The number of likely N-dealkylation sites (tertiary alicyclic amines) is 2. The maximum absolute atomic E-state index is 13.1. The molecule has 5 heterocycles. The predicted molar refractivity (Wildman–Crippen MR) is 184 cm³/mol. The lowest BCUT2D eigenvalue weighted by Gasteiger charge is -2.29. The van der Waals surface area contributed by atoms with Crippen LogP contribution >= 0.6 is 0 Å². The quantitative estimate of drug-likeness (QED) is 0.199. The monoisotopic (exact) mass is 662 g/mol. The van der Waals surface area contributed by atoms with Crippen LogP contribution in [0.1, 0.15) is 91.0 Å². The average Bonchev–Trinajstić information content (AvgIpc) is 3.55. The Kier molecular flexibility index (Phi) is 7.20. The molecule has 3 fully saturated rings. The number of nitrogens with one attached hydrogen (secondary N) is 2. The second-order valence-corrected chi connectivity index (χ2v) is 15.5. The van der Waals surface area contributed by atoms with E-state index in [-0.39, 0.29) is 30.3 Å².